The van der Waals surface area contributed by atoms with E-state index in [0.29, 0.717) is 5.71 Å². The number of carbonyl (C=O) groups is 1. The van der Waals surface area contributed by atoms with Gasteiger partial charge in [0.15, 0.2) is 11.3 Å². The summed E-state index contributed by atoms with van der Waals surface area (Å²) in [6.07, 6.45) is 0. The van der Waals surface area contributed by atoms with Crippen molar-refractivity contribution in [3.8, 4) is 0 Å². The Balaban J connectivity index is 2.36. The summed E-state index contributed by atoms with van der Waals surface area (Å²) in [5, 5.41) is 3.81. The average molecular weight is 189 g/mol. The van der Waals surface area contributed by atoms with Gasteiger partial charge >= 0.3 is 0 Å². The molecule has 1 aromatic carbocycles. The summed E-state index contributed by atoms with van der Waals surface area (Å²) in [6.45, 7) is 3.43. The van der Waals surface area contributed by atoms with E-state index in [0.717, 1.165) is 5.56 Å². The van der Waals surface area contributed by atoms with Gasteiger partial charge in [-0.25, -0.2) is 0 Å². The summed E-state index contributed by atoms with van der Waals surface area (Å²) in [4.78, 5) is 16.8. The molecular weight excluding hydrogens is 178 g/mol. The molecule has 1 aliphatic heterocycles. The maximum absolute atomic E-state index is 11.8. The van der Waals surface area contributed by atoms with Crippen LogP contribution in [0.3, 0.4) is 0 Å². The molecule has 3 nitrogen and oxygen atoms in total. The highest BCUT2D eigenvalue weighted by atomic mass is 16.7. The Kier molecular flexibility index (Phi) is 1.88. The fourth-order valence-corrected chi connectivity index (χ4v) is 1.31. The number of nitrogens with zero attached hydrogens (tertiary/aromatic N) is 1. The summed E-state index contributed by atoms with van der Waals surface area (Å²) in [6, 6.07) is 9.34. The van der Waals surface area contributed by atoms with E-state index in [-0.39, 0.29) is 5.78 Å². The quantitative estimate of drug-likeness (QED) is 0.675. The van der Waals surface area contributed by atoms with Crippen LogP contribution in [0.15, 0.2) is 35.5 Å². The van der Waals surface area contributed by atoms with Crippen molar-refractivity contribution in [2.24, 2.45) is 5.16 Å². The van der Waals surface area contributed by atoms with E-state index in [1.54, 1.807) is 13.8 Å². The third-order valence-electron chi connectivity index (χ3n) is 2.17. The van der Waals surface area contributed by atoms with Crippen LogP contribution in [-0.4, -0.2) is 17.1 Å². The Morgan fingerprint density at radius 1 is 1.21 bits per heavy atom. The Hall–Kier alpha value is -1.64. The first-order valence-electron chi connectivity index (χ1n) is 4.48. The molecule has 72 valence electrons. The molecule has 0 N–H and O–H groups in total. The van der Waals surface area contributed by atoms with E-state index in [4.69, 9.17) is 4.84 Å². The van der Waals surface area contributed by atoms with Crippen LogP contribution in [0.2, 0.25) is 0 Å². The third kappa shape index (κ3) is 1.31. The van der Waals surface area contributed by atoms with Crippen LogP contribution in [0.4, 0.5) is 0 Å². The predicted octanol–water partition coefficient (Wildman–Crippen LogP) is 1.77. The molecule has 0 unspecified atom stereocenters. The number of oxime groups is 1. The van der Waals surface area contributed by atoms with Crippen molar-refractivity contribution in [3.63, 3.8) is 0 Å². The van der Waals surface area contributed by atoms with Gasteiger partial charge in [-0.3, -0.25) is 4.79 Å². The first kappa shape index (κ1) is 8.94. The number of Topliss-reactive ketones (excluding diaryl/α,β-unsaturated/α-hetero) is 1. The average Bonchev–Trinajstić information content (AvgIpc) is 2.44. The zero-order valence-corrected chi connectivity index (χ0v) is 8.15. The van der Waals surface area contributed by atoms with Gasteiger partial charge in [0, 0.05) is 5.56 Å². The summed E-state index contributed by atoms with van der Waals surface area (Å²) >= 11 is 0. The minimum atomic E-state index is -0.814. The molecule has 3 heteroatoms. The molecule has 0 saturated heterocycles. The van der Waals surface area contributed by atoms with Crippen molar-refractivity contribution in [2.45, 2.75) is 19.4 Å². The van der Waals surface area contributed by atoms with Crippen molar-refractivity contribution in [2.75, 3.05) is 0 Å². The molecule has 0 spiro atoms. The number of carbonyl (C=O) groups excluding carboxylic acids is 1. The smallest absolute Gasteiger partial charge is 0.230 e. The zero-order chi connectivity index (χ0) is 10.2. The molecular formula is C11H11NO2. The molecule has 1 aliphatic rings. The second kappa shape index (κ2) is 2.94. The molecule has 1 aromatic rings. The Morgan fingerprint density at radius 3 is 2.36 bits per heavy atom. The van der Waals surface area contributed by atoms with Gasteiger partial charge in [0.1, 0.15) is 0 Å². The SMILES string of the molecule is CC1(C)ON=C(c2ccccc2)C1=O. The molecule has 2 rings (SSSR count). The number of rotatable bonds is 1. The summed E-state index contributed by atoms with van der Waals surface area (Å²) in [5.41, 5.74) is 0.407. The van der Waals surface area contributed by atoms with Gasteiger partial charge in [-0.05, 0) is 13.8 Å². The summed E-state index contributed by atoms with van der Waals surface area (Å²) < 4.78 is 0. The fourth-order valence-electron chi connectivity index (χ4n) is 1.31. The lowest BCUT2D eigenvalue weighted by atomic mass is 9.96. The van der Waals surface area contributed by atoms with Crippen molar-refractivity contribution >= 4 is 11.5 Å². The number of ketones is 1. The first-order chi connectivity index (χ1) is 6.61. The number of hydrogen-bond acceptors (Lipinski definition) is 3. The maximum atomic E-state index is 11.8. The molecule has 0 fully saturated rings. The van der Waals surface area contributed by atoms with Crippen molar-refractivity contribution < 1.29 is 9.63 Å². The maximum Gasteiger partial charge on any atom is 0.230 e. The molecule has 14 heavy (non-hydrogen) atoms. The van der Waals surface area contributed by atoms with Gasteiger partial charge in [-0.2, -0.15) is 0 Å². The zero-order valence-electron chi connectivity index (χ0n) is 8.15. The molecule has 0 aromatic heterocycles. The van der Waals surface area contributed by atoms with Crippen LogP contribution in [0.1, 0.15) is 19.4 Å². The highest BCUT2D eigenvalue weighted by Crippen LogP contribution is 2.22. The van der Waals surface area contributed by atoms with Gasteiger partial charge in [-0.15, -0.1) is 0 Å². The topological polar surface area (TPSA) is 38.7 Å². The van der Waals surface area contributed by atoms with Gasteiger partial charge in [-0.1, -0.05) is 35.5 Å². The van der Waals surface area contributed by atoms with Gasteiger partial charge in [0.25, 0.3) is 0 Å². The molecule has 0 saturated carbocycles. The van der Waals surface area contributed by atoms with Crippen molar-refractivity contribution in [1.29, 1.82) is 0 Å². The van der Waals surface area contributed by atoms with Crippen LogP contribution in [0.5, 0.6) is 0 Å². The van der Waals surface area contributed by atoms with Crippen molar-refractivity contribution in [3.05, 3.63) is 35.9 Å². The third-order valence-corrected chi connectivity index (χ3v) is 2.17. The monoisotopic (exact) mass is 189 g/mol. The van der Waals surface area contributed by atoms with E-state index in [1.165, 1.54) is 0 Å². The molecule has 0 atom stereocenters. The van der Waals surface area contributed by atoms with E-state index < -0.39 is 5.60 Å². The Labute approximate surface area is 82.4 Å². The summed E-state index contributed by atoms with van der Waals surface area (Å²) in [7, 11) is 0. The number of hydrogen-bond donors (Lipinski definition) is 0. The lowest BCUT2D eigenvalue weighted by Gasteiger charge is -2.11. The largest absolute Gasteiger partial charge is 0.381 e. The molecule has 0 bridgehead atoms. The predicted molar refractivity (Wildman–Crippen MR) is 53.2 cm³/mol. The molecule has 0 amide bonds. The van der Waals surface area contributed by atoms with Crippen LogP contribution in [0, 0.1) is 0 Å². The van der Waals surface area contributed by atoms with E-state index in [1.807, 2.05) is 30.3 Å². The summed E-state index contributed by atoms with van der Waals surface area (Å²) in [5.74, 6) is -0.0660. The second-order valence-corrected chi connectivity index (χ2v) is 3.74. The molecule has 0 aliphatic carbocycles. The van der Waals surface area contributed by atoms with Gasteiger partial charge in [0.2, 0.25) is 5.78 Å². The molecule has 0 radical (unpaired) electrons. The van der Waals surface area contributed by atoms with Crippen LogP contribution >= 0.6 is 0 Å². The van der Waals surface area contributed by atoms with E-state index in [9.17, 15) is 4.79 Å². The highest BCUT2D eigenvalue weighted by molar-refractivity contribution is 6.49. The highest BCUT2D eigenvalue weighted by Gasteiger charge is 2.39. The lowest BCUT2D eigenvalue weighted by molar-refractivity contribution is -0.128. The van der Waals surface area contributed by atoms with Crippen molar-refractivity contribution in [1.82, 2.24) is 0 Å². The normalized spacial score (nSPS) is 19.0. The van der Waals surface area contributed by atoms with E-state index >= 15 is 0 Å². The first-order valence-corrected chi connectivity index (χ1v) is 4.48. The second-order valence-electron chi connectivity index (χ2n) is 3.74. The standard InChI is InChI=1S/C11H11NO2/c1-11(2)10(13)9(12-14-11)8-6-4-3-5-7-8/h3-7H,1-2H3. The number of benzene rings is 1. The van der Waals surface area contributed by atoms with Gasteiger partial charge < -0.3 is 4.84 Å². The lowest BCUT2D eigenvalue weighted by Crippen LogP contribution is -2.32. The molecule has 1 heterocycles. The Bertz CT molecular complexity index is 393. The van der Waals surface area contributed by atoms with E-state index in [2.05, 4.69) is 5.16 Å². The van der Waals surface area contributed by atoms with Gasteiger partial charge in [0.05, 0.1) is 0 Å². The fraction of sp³-hybridized carbons (Fsp3) is 0.273. The minimum absolute atomic E-state index is 0.0660. The van der Waals surface area contributed by atoms with Crippen LogP contribution < -0.4 is 0 Å². The van der Waals surface area contributed by atoms with Crippen LogP contribution in [-0.2, 0) is 9.63 Å². The Morgan fingerprint density at radius 2 is 1.86 bits per heavy atom. The van der Waals surface area contributed by atoms with Crippen LogP contribution in [0.25, 0.3) is 0 Å². The minimum Gasteiger partial charge on any atom is -0.381 e.